The van der Waals surface area contributed by atoms with Gasteiger partial charge in [-0.25, -0.2) is 13.1 Å². The molecule has 3 aromatic carbocycles. The Labute approximate surface area is 327 Å². The fourth-order valence-electron chi connectivity index (χ4n) is 6.04. The Morgan fingerprint density at radius 2 is 1.70 bits per heavy atom. The van der Waals surface area contributed by atoms with Crippen LogP contribution in [0, 0.1) is 0 Å². The molecule has 0 unspecified atom stereocenters. The highest BCUT2D eigenvalue weighted by molar-refractivity contribution is 7.99. The molecule has 294 valence electrons. The van der Waals surface area contributed by atoms with Crippen molar-refractivity contribution >= 4 is 39.2 Å². The summed E-state index contributed by atoms with van der Waals surface area (Å²) in [7, 11) is -4.70. The second kappa shape index (κ2) is 17.6. The highest BCUT2D eigenvalue weighted by Gasteiger charge is 2.35. The van der Waals surface area contributed by atoms with Crippen LogP contribution >= 0.6 is 11.8 Å². The molecule has 1 saturated heterocycles. The van der Waals surface area contributed by atoms with E-state index in [0.717, 1.165) is 33.7 Å². The number of nitrogens with zero attached hydrogens (tertiary/aromatic N) is 5. The fourth-order valence-corrected chi connectivity index (χ4v) is 7.81. The van der Waals surface area contributed by atoms with Gasteiger partial charge in [-0.2, -0.15) is 13.2 Å². The second-order valence-electron chi connectivity index (χ2n) is 13.2. The standard InChI is InChI=1S/C39H40F3N7O5S2/c1-26(2)54-31-19-27(18-28(21-31)29-20-30(50)24-43-23-29)25-48-13-15-49(16-14-48)37-11-10-36(45-46-37)38(51)47-56(52,53)33-8-9-35(34(22-33)39(40,41)42)44-12-17-55-32-6-4-3-5-7-32/h3-11,18-24,26,44,50H,12-17,25H2,1-2H3,(H,47,51). The number of anilines is 2. The predicted molar refractivity (Wildman–Crippen MR) is 208 cm³/mol. The number of aromatic hydroxyl groups is 1. The molecule has 0 atom stereocenters. The quantitative estimate of drug-likeness (QED) is 0.0810. The number of rotatable bonds is 14. The minimum absolute atomic E-state index is 0.0289. The number of alkyl halides is 3. The van der Waals surface area contributed by atoms with Crippen molar-refractivity contribution in [2.75, 3.05) is 48.7 Å². The molecule has 12 nitrogen and oxygen atoms in total. The van der Waals surface area contributed by atoms with Crippen molar-refractivity contribution in [3.63, 3.8) is 0 Å². The first-order chi connectivity index (χ1) is 26.7. The van der Waals surface area contributed by atoms with Gasteiger partial charge in [-0.3, -0.25) is 14.7 Å². The first-order valence-corrected chi connectivity index (χ1v) is 20.2. The van der Waals surface area contributed by atoms with Gasteiger partial charge >= 0.3 is 6.18 Å². The van der Waals surface area contributed by atoms with Crippen molar-refractivity contribution in [2.24, 2.45) is 0 Å². The van der Waals surface area contributed by atoms with E-state index in [2.05, 4.69) is 25.4 Å². The maximum Gasteiger partial charge on any atom is 0.418 e. The number of hydrogen-bond donors (Lipinski definition) is 3. The Balaban J connectivity index is 1.05. The van der Waals surface area contributed by atoms with E-state index in [1.54, 1.807) is 18.3 Å². The Hall–Kier alpha value is -5.39. The van der Waals surface area contributed by atoms with Crippen molar-refractivity contribution < 1.29 is 36.2 Å². The number of benzene rings is 3. The molecule has 2 aromatic heterocycles. The lowest BCUT2D eigenvalue weighted by Crippen LogP contribution is -2.46. The van der Waals surface area contributed by atoms with Crippen LogP contribution in [-0.2, 0) is 22.7 Å². The van der Waals surface area contributed by atoms with Crippen LogP contribution in [0.5, 0.6) is 11.5 Å². The van der Waals surface area contributed by atoms with E-state index in [0.29, 0.717) is 56.1 Å². The molecule has 1 aliphatic heterocycles. The van der Waals surface area contributed by atoms with Crippen molar-refractivity contribution in [3.8, 4) is 22.6 Å². The number of sulfonamides is 1. The number of nitrogens with one attached hydrogen (secondary N) is 2. The maximum atomic E-state index is 14.0. The monoisotopic (exact) mass is 807 g/mol. The molecule has 5 aromatic rings. The third-order valence-electron chi connectivity index (χ3n) is 8.64. The first-order valence-electron chi connectivity index (χ1n) is 17.7. The minimum atomic E-state index is -4.86. The van der Waals surface area contributed by atoms with E-state index in [-0.39, 0.29) is 29.8 Å². The van der Waals surface area contributed by atoms with E-state index in [1.165, 1.54) is 24.0 Å². The summed E-state index contributed by atoms with van der Waals surface area (Å²) in [5, 5.41) is 20.8. The van der Waals surface area contributed by atoms with Gasteiger partial charge in [0.05, 0.1) is 22.8 Å². The third-order valence-corrected chi connectivity index (χ3v) is 11.0. The van der Waals surface area contributed by atoms with Gasteiger partial charge in [-0.05, 0) is 91.7 Å². The number of thioether (sulfide) groups is 1. The lowest BCUT2D eigenvalue weighted by atomic mass is 10.0. The molecule has 0 bridgehead atoms. The molecule has 0 radical (unpaired) electrons. The van der Waals surface area contributed by atoms with Crippen LogP contribution in [0.1, 0.15) is 35.5 Å². The lowest BCUT2D eigenvalue weighted by Gasteiger charge is -2.35. The average Bonchev–Trinajstić information content (AvgIpc) is 3.16. The molecule has 17 heteroatoms. The molecule has 3 N–H and O–H groups in total. The number of ether oxygens (including phenoxy) is 1. The number of halogens is 3. The van der Waals surface area contributed by atoms with Crippen LogP contribution in [0.4, 0.5) is 24.7 Å². The summed E-state index contributed by atoms with van der Waals surface area (Å²) in [6, 6.07) is 22.4. The zero-order valence-electron chi connectivity index (χ0n) is 30.5. The van der Waals surface area contributed by atoms with Crippen LogP contribution in [-0.4, -0.2) is 84.1 Å². The van der Waals surface area contributed by atoms with Gasteiger partial charge in [-0.1, -0.05) is 18.2 Å². The number of carbonyl (C=O) groups is 1. The van der Waals surface area contributed by atoms with Crippen molar-refractivity contribution in [3.05, 3.63) is 114 Å². The third kappa shape index (κ3) is 10.7. The summed E-state index contributed by atoms with van der Waals surface area (Å²) in [6.07, 6.45) is -1.83. The van der Waals surface area contributed by atoms with Gasteiger partial charge in [0.15, 0.2) is 11.5 Å². The van der Waals surface area contributed by atoms with Gasteiger partial charge in [0, 0.05) is 67.4 Å². The first kappa shape index (κ1) is 40.3. The topological polar surface area (TPSA) is 150 Å². The second-order valence-corrected chi connectivity index (χ2v) is 16.1. The summed E-state index contributed by atoms with van der Waals surface area (Å²) >= 11 is 1.46. The zero-order valence-corrected chi connectivity index (χ0v) is 32.2. The maximum absolute atomic E-state index is 14.0. The fraction of sp³-hybridized carbons (Fsp3) is 0.282. The predicted octanol–water partition coefficient (Wildman–Crippen LogP) is 6.70. The van der Waals surface area contributed by atoms with Crippen molar-refractivity contribution in [1.82, 2.24) is 24.8 Å². The van der Waals surface area contributed by atoms with Crippen LogP contribution < -0.4 is 19.7 Å². The van der Waals surface area contributed by atoms with Crippen LogP contribution in [0.15, 0.2) is 107 Å². The van der Waals surface area contributed by atoms with Gasteiger partial charge in [0.1, 0.15) is 11.5 Å². The van der Waals surface area contributed by atoms with E-state index < -0.39 is 32.6 Å². The van der Waals surface area contributed by atoms with E-state index in [9.17, 15) is 31.5 Å². The lowest BCUT2D eigenvalue weighted by molar-refractivity contribution is -0.137. The van der Waals surface area contributed by atoms with Crippen LogP contribution in [0.3, 0.4) is 0 Å². The summed E-state index contributed by atoms with van der Waals surface area (Å²) in [5.74, 6) is 0.601. The molecule has 1 fully saturated rings. The Kier molecular flexibility index (Phi) is 12.7. The molecular formula is C39H40F3N7O5S2. The van der Waals surface area contributed by atoms with Gasteiger partial charge in [-0.15, -0.1) is 22.0 Å². The number of aromatic nitrogens is 3. The molecule has 0 spiro atoms. The van der Waals surface area contributed by atoms with Gasteiger partial charge in [0.25, 0.3) is 15.9 Å². The van der Waals surface area contributed by atoms with Crippen LogP contribution in [0.25, 0.3) is 11.1 Å². The average molecular weight is 808 g/mol. The molecule has 1 amide bonds. The molecule has 1 aliphatic rings. The summed E-state index contributed by atoms with van der Waals surface area (Å²) < 4.78 is 75.9. The Bertz CT molecular complexity index is 2240. The number of pyridine rings is 1. The van der Waals surface area contributed by atoms with Crippen LogP contribution in [0.2, 0.25) is 0 Å². The van der Waals surface area contributed by atoms with Gasteiger partial charge < -0.3 is 20.1 Å². The highest BCUT2D eigenvalue weighted by atomic mass is 32.2. The molecule has 3 heterocycles. The smallest absolute Gasteiger partial charge is 0.418 e. The SMILES string of the molecule is CC(C)Oc1cc(CN2CCN(c3ccc(C(=O)NS(=O)(=O)c4ccc(NCCSc5ccccc5)c(C(F)(F)F)c4)nn3)CC2)cc(-c2cncc(O)c2)c1. The normalized spacial score (nSPS) is 13.8. The molecule has 56 heavy (non-hydrogen) atoms. The van der Waals surface area contributed by atoms with E-state index in [1.807, 2.05) is 72.0 Å². The molecule has 0 saturated carbocycles. The van der Waals surface area contributed by atoms with Gasteiger partial charge in [0.2, 0.25) is 0 Å². The van der Waals surface area contributed by atoms with E-state index >= 15 is 0 Å². The molecular weight excluding hydrogens is 768 g/mol. The summed E-state index contributed by atoms with van der Waals surface area (Å²) in [6.45, 7) is 7.29. The molecule has 0 aliphatic carbocycles. The van der Waals surface area contributed by atoms with Crippen molar-refractivity contribution in [2.45, 2.75) is 42.5 Å². The minimum Gasteiger partial charge on any atom is -0.506 e. The summed E-state index contributed by atoms with van der Waals surface area (Å²) in [5.41, 5.74) is 0.889. The zero-order chi connectivity index (χ0) is 39.9. The molecule has 6 rings (SSSR count). The number of carbonyl (C=O) groups excluding carboxylic acids is 1. The largest absolute Gasteiger partial charge is 0.506 e. The van der Waals surface area contributed by atoms with Crippen molar-refractivity contribution in [1.29, 1.82) is 0 Å². The summed E-state index contributed by atoms with van der Waals surface area (Å²) in [4.78, 5) is 21.5. The number of amides is 1. The number of piperazine rings is 1. The number of hydrogen-bond acceptors (Lipinski definition) is 12. The highest BCUT2D eigenvalue weighted by Crippen LogP contribution is 2.36. The van der Waals surface area contributed by atoms with E-state index in [4.69, 9.17) is 4.74 Å². The Morgan fingerprint density at radius 3 is 2.38 bits per heavy atom. The Morgan fingerprint density at radius 1 is 0.929 bits per heavy atom.